The zero-order chi connectivity index (χ0) is 53.1. The van der Waals surface area contributed by atoms with E-state index in [1.165, 1.54) is 54.5 Å². The number of nitrogens with zero attached hydrogens (tertiary/aromatic N) is 4. The van der Waals surface area contributed by atoms with Gasteiger partial charge in [-0.15, -0.1) is 0 Å². The molecule has 0 radical (unpaired) electrons. The highest BCUT2D eigenvalue weighted by molar-refractivity contribution is 6.00. The van der Waals surface area contributed by atoms with Crippen LogP contribution in [0.3, 0.4) is 0 Å². The van der Waals surface area contributed by atoms with E-state index < -0.39 is 96.0 Å². The molecular formula is C53H73N11O10. The van der Waals surface area contributed by atoms with Gasteiger partial charge in [0.2, 0.25) is 29.5 Å². The van der Waals surface area contributed by atoms with Gasteiger partial charge in [-0.1, -0.05) is 44.0 Å². The van der Waals surface area contributed by atoms with Gasteiger partial charge in [0.15, 0.2) is 6.17 Å². The van der Waals surface area contributed by atoms with E-state index in [-0.39, 0.29) is 69.5 Å². The topological polar surface area (TPSA) is 305 Å². The SMILES string of the molecule is CCCCCc1ccc(N2CCN(c3ccc(C(=O)N[C@H]4CCCNC(=O)[C@@H]5C[C@H](N)CN5C(=O)[C@H](N)NC(=O)[C@H](CCc5ccc(O)cc5)NC(=O)[C@@H]5C[C@@H](O)CN5C(=O)[C@H]([C@@H](C)O)NC4=O)cc3)CC2)cc1. The van der Waals surface area contributed by atoms with E-state index in [1.54, 1.807) is 24.3 Å². The molecule has 7 rings (SSSR count). The Balaban J connectivity index is 1.07. The molecule has 4 aliphatic heterocycles. The van der Waals surface area contributed by atoms with Crippen molar-refractivity contribution in [3.05, 3.63) is 89.5 Å². The fourth-order valence-electron chi connectivity index (χ4n) is 10.1. The Labute approximate surface area is 431 Å². The summed E-state index contributed by atoms with van der Waals surface area (Å²) in [6.45, 7) is 6.24. The largest absolute Gasteiger partial charge is 0.508 e. The molecule has 0 aliphatic carbocycles. The molecule has 4 heterocycles. The highest BCUT2D eigenvalue weighted by atomic mass is 16.3. The summed E-state index contributed by atoms with van der Waals surface area (Å²) in [6.07, 6.45) is 0.376. The number of aryl methyl sites for hydroxylation is 2. The molecule has 3 aromatic rings. The molecule has 9 atom stereocenters. The van der Waals surface area contributed by atoms with Crippen LogP contribution in [0.1, 0.15) is 86.7 Å². The van der Waals surface area contributed by atoms with E-state index in [0.29, 0.717) is 5.56 Å². The fraction of sp³-hybridized carbons (Fsp3) is 0.528. The number of phenols is 1. The van der Waals surface area contributed by atoms with Crippen LogP contribution in [0.25, 0.3) is 0 Å². The highest BCUT2D eigenvalue weighted by Crippen LogP contribution is 2.25. The summed E-state index contributed by atoms with van der Waals surface area (Å²) in [5.74, 6) is -5.38. The number of aromatic hydroxyl groups is 1. The lowest BCUT2D eigenvalue weighted by molar-refractivity contribution is -0.145. The third kappa shape index (κ3) is 14.1. The molecule has 4 aliphatic rings. The number of piperazine rings is 1. The first-order valence-electron chi connectivity index (χ1n) is 25.9. The van der Waals surface area contributed by atoms with Crippen molar-refractivity contribution in [1.82, 2.24) is 36.4 Å². The molecule has 12 N–H and O–H groups in total. The molecule has 21 heteroatoms. The Bertz CT molecular complexity index is 2430. The van der Waals surface area contributed by atoms with Crippen LogP contribution in [-0.2, 0) is 41.6 Å². The van der Waals surface area contributed by atoms with Crippen LogP contribution in [0.5, 0.6) is 5.75 Å². The Morgan fingerprint density at radius 2 is 1.31 bits per heavy atom. The highest BCUT2D eigenvalue weighted by Gasteiger charge is 2.45. The summed E-state index contributed by atoms with van der Waals surface area (Å²) < 4.78 is 0. The third-order valence-electron chi connectivity index (χ3n) is 14.4. The lowest BCUT2D eigenvalue weighted by atomic mass is 10.0. The number of phenolic OH excluding ortho intramolecular Hbond substituents is 1. The molecule has 0 aromatic heterocycles. The number of aliphatic hydroxyl groups excluding tert-OH is 2. The number of fused-ring (bicyclic) bond motifs is 2. The van der Waals surface area contributed by atoms with Gasteiger partial charge in [0.1, 0.15) is 36.0 Å². The average Bonchev–Trinajstić information content (AvgIpc) is 3.99. The van der Waals surface area contributed by atoms with E-state index in [1.807, 2.05) is 12.1 Å². The maximum atomic E-state index is 14.3. The summed E-state index contributed by atoms with van der Waals surface area (Å²) >= 11 is 0. The molecule has 0 saturated carbocycles. The number of nitrogens with two attached hydrogens (primary N) is 2. The van der Waals surface area contributed by atoms with Gasteiger partial charge in [-0.05, 0) is 112 Å². The van der Waals surface area contributed by atoms with Gasteiger partial charge in [0.25, 0.3) is 11.8 Å². The number of amides is 7. The minimum atomic E-state index is -1.66. The Morgan fingerprint density at radius 3 is 1.95 bits per heavy atom. The van der Waals surface area contributed by atoms with Crippen LogP contribution in [0.2, 0.25) is 0 Å². The molecule has 0 bridgehead atoms. The average molecular weight is 1020 g/mol. The minimum absolute atomic E-state index is 0.00996. The summed E-state index contributed by atoms with van der Waals surface area (Å²) in [5.41, 5.74) is 16.9. The van der Waals surface area contributed by atoms with Crippen LogP contribution in [0.4, 0.5) is 11.4 Å². The van der Waals surface area contributed by atoms with Crippen LogP contribution in [-0.4, -0.2) is 167 Å². The normalized spacial score (nSPS) is 26.2. The van der Waals surface area contributed by atoms with E-state index in [4.69, 9.17) is 11.5 Å². The van der Waals surface area contributed by atoms with Crippen LogP contribution >= 0.6 is 0 Å². The number of nitrogens with one attached hydrogen (secondary N) is 5. The third-order valence-corrected chi connectivity index (χ3v) is 14.4. The van der Waals surface area contributed by atoms with Gasteiger partial charge in [-0.3, -0.25) is 33.6 Å². The molecule has 3 aromatic carbocycles. The van der Waals surface area contributed by atoms with Gasteiger partial charge in [-0.25, -0.2) is 0 Å². The smallest absolute Gasteiger partial charge is 0.260 e. The van der Waals surface area contributed by atoms with Crippen molar-refractivity contribution >= 4 is 52.7 Å². The number of benzene rings is 3. The molecule has 7 amide bonds. The Morgan fingerprint density at radius 1 is 0.716 bits per heavy atom. The van der Waals surface area contributed by atoms with Crippen molar-refractivity contribution in [2.24, 2.45) is 11.5 Å². The Hall–Kier alpha value is -6.81. The van der Waals surface area contributed by atoms with Crippen LogP contribution in [0.15, 0.2) is 72.8 Å². The molecular weight excluding hydrogens is 951 g/mol. The fourth-order valence-corrected chi connectivity index (χ4v) is 10.1. The van der Waals surface area contributed by atoms with Gasteiger partial charge in [0, 0.05) is 75.2 Å². The number of carbonyl (C=O) groups is 7. The number of rotatable bonds is 12. The Kier molecular flexibility index (Phi) is 18.9. The lowest BCUT2D eigenvalue weighted by Crippen LogP contribution is -2.61. The maximum Gasteiger partial charge on any atom is 0.260 e. The van der Waals surface area contributed by atoms with Gasteiger partial charge >= 0.3 is 0 Å². The summed E-state index contributed by atoms with van der Waals surface area (Å²) in [5, 5.41) is 44.9. The molecule has 0 unspecified atom stereocenters. The predicted molar refractivity (Wildman–Crippen MR) is 276 cm³/mol. The molecule has 4 fully saturated rings. The van der Waals surface area contributed by atoms with E-state index in [9.17, 15) is 48.9 Å². The van der Waals surface area contributed by atoms with Crippen molar-refractivity contribution < 1.29 is 48.9 Å². The first kappa shape index (κ1) is 55.0. The number of anilines is 2. The van der Waals surface area contributed by atoms with Crippen molar-refractivity contribution in [1.29, 1.82) is 0 Å². The number of unbranched alkanes of at least 4 members (excludes halogenated alkanes) is 2. The number of aliphatic hydroxyl groups is 2. The van der Waals surface area contributed by atoms with E-state index >= 15 is 0 Å². The van der Waals surface area contributed by atoms with Crippen molar-refractivity contribution in [2.45, 2.75) is 133 Å². The quantitative estimate of drug-likeness (QED) is 0.105. The van der Waals surface area contributed by atoms with Crippen LogP contribution < -0.4 is 47.9 Å². The van der Waals surface area contributed by atoms with Gasteiger partial charge in [-0.2, -0.15) is 0 Å². The zero-order valence-electron chi connectivity index (χ0n) is 42.3. The molecule has 74 heavy (non-hydrogen) atoms. The van der Waals surface area contributed by atoms with Crippen LogP contribution in [0, 0.1) is 0 Å². The van der Waals surface area contributed by atoms with E-state index in [2.05, 4.69) is 67.6 Å². The number of carbonyl (C=O) groups excluding carboxylic acids is 7. The van der Waals surface area contributed by atoms with Gasteiger partial charge in [0.05, 0.1) is 12.2 Å². The second-order valence-corrected chi connectivity index (χ2v) is 20.0. The first-order valence-corrected chi connectivity index (χ1v) is 25.9. The summed E-state index contributed by atoms with van der Waals surface area (Å²) in [4.78, 5) is 105. The molecule has 4 saturated heterocycles. The van der Waals surface area contributed by atoms with Crippen molar-refractivity contribution in [3.63, 3.8) is 0 Å². The standard InChI is InChI=1S/C53H73N11O10/c1-3-4-5-7-33-9-16-37(17-10-33)61-24-26-62(27-25-61)38-18-14-35(15-19-38)47(68)57-41-8-6-23-56-50(71)43-28-36(54)30-63(43)53(74)46(55)60-49(70)42(22-13-34-11-20-39(66)21-12-34)58-51(72)44-29-40(67)31-64(44)52(73)45(32(2)65)59-48(41)69/h9-12,14-21,32,36,40-46,65-67H,3-8,13,22-31,54-55H2,1-2H3,(H,56,71)(H,57,68)(H,58,72)(H,59,69)(H,60,70)/t32-,36+,40-,41+,42+,43+,44+,45+,46-/m1/s1. The summed E-state index contributed by atoms with van der Waals surface area (Å²) in [7, 11) is 0. The van der Waals surface area contributed by atoms with E-state index in [0.717, 1.165) is 43.2 Å². The van der Waals surface area contributed by atoms with Crippen molar-refractivity contribution in [2.75, 3.05) is 55.6 Å². The summed E-state index contributed by atoms with van der Waals surface area (Å²) in [6, 6.07) is 14.7. The lowest BCUT2D eigenvalue weighted by Gasteiger charge is -2.37. The van der Waals surface area contributed by atoms with Gasteiger partial charge < -0.3 is 73.0 Å². The second kappa shape index (κ2) is 25.4. The number of hydrogen-bond acceptors (Lipinski definition) is 14. The predicted octanol–water partition coefficient (Wildman–Crippen LogP) is -0.266. The number of hydrogen-bond donors (Lipinski definition) is 10. The van der Waals surface area contributed by atoms with Crippen molar-refractivity contribution in [3.8, 4) is 5.75 Å². The first-order chi connectivity index (χ1) is 35.5. The molecule has 21 nitrogen and oxygen atoms in total. The monoisotopic (exact) mass is 1020 g/mol. The maximum absolute atomic E-state index is 14.3. The molecule has 0 spiro atoms. The minimum Gasteiger partial charge on any atom is -0.508 e. The zero-order valence-corrected chi connectivity index (χ0v) is 42.3. The second-order valence-electron chi connectivity index (χ2n) is 20.0. The molecule has 400 valence electrons.